The summed E-state index contributed by atoms with van der Waals surface area (Å²) in [6.45, 7) is 3.88. The van der Waals surface area contributed by atoms with Crippen molar-refractivity contribution in [1.29, 1.82) is 0 Å². The molecule has 0 aromatic heterocycles. The Balaban J connectivity index is 2.36. The van der Waals surface area contributed by atoms with Gasteiger partial charge in [-0.1, -0.05) is 59.6 Å². The molecule has 0 N–H and O–H groups in total. The van der Waals surface area contributed by atoms with Gasteiger partial charge in [0.15, 0.2) is 0 Å². The summed E-state index contributed by atoms with van der Waals surface area (Å²) in [7, 11) is 0. The fourth-order valence-electron chi connectivity index (χ4n) is 3.16. The van der Waals surface area contributed by atoms with Crippen LogP contribution in [0.2, 0.25) is 10.0 Å². The van der Waals surface area contributed by atoms with E-state index in [0.717, 1.165) is 0 Å². The third-order valence-electron chi connectivity index (χ3n) is 4.48. The topological polar surface area (TPSA) is 52.6 Å². The van der Waals surface area contributed by atoms with Crippen LogP contribution in [0.4, 0.5) is 0 Å². The Kier molecular flexibility index (Phi) is 7.14. The molecule has 0 spiro atoms. The van der Waals surface area contributed by atoms with Crippen LogP contribution in [0.1, 0.15) is 34.6 Å². The molecule has 0 saturated carbocycles. The highest BCUT2D eigenvalue weighted by molar-refractivity contribution is 6.34. The standard InChI is InChI=1S/C24H20Cl2O4/c1-3-29-23(27)19-13-18(16-10-6-8-12-22(16)26)20(24(28)30-4-2)14-17(19)15-9-5-7-11-21(15)25/h5-14H,3-4H2,1-2H3. The minimum absolute atomic E-state index is 0.210. The maximum atomic E-state index is 12.8. The number of esters is 2. The van der Waals surface area contributed by atoms with Crippen molar-refractivity contribution in [3.63, 3.8) is 0 Å². The first-order valence-corrected chi connectivity index (χ1v) is 10.3. The Hall–Kier alpha value is -2.82. The van der Waals surface area contributed by atoms with E-state index in [0.29, 0.717) is 32.3 Å². The second-order valence-corrected chi connectivity index (χ2v) is 7.16. The molecule has 0 amide bonds. The molecular weight excluding hydrogens is 423 g/mol. The minimum atomic E-state index is -0.517. The van der Waals surface area contributed by atoms with E-state index >= 15 is 0 Å². The lowest BCUT2D eigenvalue weighted by Crippen LogP contribution is -2.12. The van der Waals surface area contributed by atoms with Gasteiger partial charge in [0.05, 0.1) is 24.3 Å². The summed E-state index contributed by atoms with van der Waals surface area (Å²) in [6.07, 6.45) is 0. The number of rotatable bonds is 6. The van der Waals surface area contributed by atoms with Gasteiger partial charge in [0.25, 0.3) is 0 Å². The smallest absolute Gasteiger partial charge is 0.338 e. The van der Waals surface area contributed by atoms with Crippen LogP contribution >= 0.6 is 23.2 Å². The molecule has 3 rings (SSSR count). The first kappa shape index (κ1) is 21.9. The fraction of sp³-hybridized carbons (Fsp3) is 0.167. The monoisotopic (exact) mass is 442 g/mol. The molecule has 0 heterocycles. The summed E-state index contributed by atoms with van der Waals surface area (Å²) in [5, 5.41) is 0.895. The molecule has 0 fully saturated rings. The van der Waals surface area contributed by atoms with Gasteiger partial charge in [-0.15, -0.1) is 0 Å². The van der Waals surface area contributed by atoms with Crippen molar-refractivity contribution in [1.82, 2.24) is 0 Å². The summed E-state index contributed by atoms with van der Waals surface area (Å²) >= 11 is 12.8. The summed E-state index contributed by atoms with van der Waals surface area (Å²) < 4.78 is 10.5. The summed E-state index contributed by atoms with van der Waals surface area (Å²) in [4.78, 5) is 25.6. The zero-order valence-electron chi connectivity index (χ0n) is 16.6. The predicted octanol–water partition coefficient (Wildman–Crippen LogP) is 6.68. The molecule has 6 heteroatoms. The molecule has 0 aliphatic rings. The Morgan fingerprint density at radius 3 is 1.37 bits per heavy atom. The van der Waals surface area contributed by atoms with Crippen molar-refractivity contribution >= 4 is 35.1 Å². The van der Waals surface area contributed by atoms with Gasteiger partial charge in [-0.2, -0.15) is 0 Å². The van der Waals surface area contributed by atoms with E-state index in [-0.39, 0.29) is 24.3 Å². The molecule has 4 nitrogen and oxygen atoms in total. The maximum Gasteiger partial charge on any atom is 0.338 e. The average Bonchev–Trinajstić information content (AvgIpc) is 2.74. The second kappa shape index (κ2) is 9.79. The van der Waals surface area contributed by atoms with Crippen LogP contribution in [0.3, 0.4) is 0 Å². The van der Waals surface area contributed by atoms with Gasteiger partial charge in [-0.3, -0.25) is 0 Å². The Morgan fingerprint density at radius 2 is 1.03 bits per heavy atom. The Morgan fingerprint density at radius 1 is 0.667 bits per heavy atom. The molecule has 3 aromatic rings. The third kappa shape index (κ3) is 4.50. The van der Waals surface area contributed by atoms with E-state index in [1.165, 1.54) is 0 Å². The zero-order valence-corrected chi connectivity index (χ0v) is 18.1. The number of ether oxygens (including phenoxy) is 2. The molecule has 0 saturated heterocycles. The number of carbonyl (C=O) groups is 2. The fourth-order valence-corrected chi connectivity index (χ4v) is 3.64. The van der Waals surface area contributed by atoms with Crippen LogP contribution in [0.25, 0.3) is 22.3 Å². The van der Waals surface area contributed by atoms with Gasteiger partial charge in [0.2, 0.25) is 0 Å². The highest BCUT2D eigenvalue weighted by Gasteiger charge is 2.24. The van der Waals surface area contributed by atoms with Gasteiger partial charge in [0.1, 0.15) is 0 Å². The van der Waals surface area contributed by atoms with Crippen molar-refractivity contribution in [2.45, 2.75) is 13.8 Å². The molecule has 0 aliphatic carbocycles. The first-order valence-electron chi connectivity index (χ1n) is 9.50. The Bertz CT molecular complexity index is 1010. The third-order valence-corrected chi connectivity index (χ3v) is 5.14. The number of benzene rings is 3. The van der Waals surface area contributed by atoms with E-state index in [1.807, 2.05) is 12.1 Å². The van der Waals surface area contributed by atoms with Gasteiger partial charge < -0.3 is 9.47 Å². The number of hydrogen-bond donors (Lipinski definition) is 0. The zero-order chi connectivity index (χ0) is 21.7. The van der Waals surface area contributed by atoms with Gasteiger partial charge in [-0.25, -0.2) is 9.59 Å². The molecule has 154 valence electrons. The molecule has 0 aliphatic heterocycles. The number of halogens is 2. The van der Waals surface area contributed by atoms with Crippen LogP contribution in [0.15, 0.2) is 60.7 Å². The largest absolute Gasteiger partial charge is 0.462 e. The maximum absolute atomic E-state index is 12.8. The highest BCUT2D eigenvalue weighted by atomic mass is 35.5. The SMILES string of the molecule is CCOC(=O)c1cc(-c2ccccc2Cl)c(C(=O)OCC)cc1-c1ccccc1Cl. The number of carbonyl (C=O) groups excluding carboxylic acids is 2. The van der Waals surface area contributed by atoms with Gasteiger partial charge >= 0.3 is 11.9 Å². The lowest BCUT2D eigenvalue weighted by atomic mass is 9.90. The highest BCUT2D eigenvalue weighted by Crippen LogP contribution is 2.38. The molecule has 0 bridgehead atoms. The van der Waals surface area contributed by atoms with E-state index in [9.17, 15) is 9.59 Å². The summed E-state index contributed by atoms with van der Waals surface area (Å²) in [5.41, 5.74) is 2.76. The number of hydrogen-bond acceptors (Lipinski definition) is 4. The van der Waals surface area contributed by atoms with Crippen LogP contribution in [0, 0.1) is 0 Å². The van der Waals surface area contributed by atoms with Crippen LogP contribution in [-0.4, -0.2) is 25.2 Å². The molecule has 3 aromatic carbocycles. The van der Waals surface area contributed by atoms with Crippen molar-refractivity contribution in [3.05, 3.63) is 81.8 Å². The van der Waals surface area contributed by atoms with Crippen molar-refractivity contribution in [2.24, 2.45) is 0 Å². The van der Waals surface area contributed by atoms with E-state index < -0.39 is 11.9 Å². The lowest BCUT2D eigenvalue weighted by molar-refractivity contribution is 0.0513. The molecular formula is C24H20Cl2O4. The average molecular weight is 443 g/mol. The molecule has 0 unspecified atom stereocenters. The summed E-state index contributed by atoms with van der Waals surface area (Å²) in [6, 6.07) is 17.4. The minimum Gasteiger partial charge on any atom is -0.462 e. The van der Waals surface area contributed by atoms with Gasteiger partial charge in [-0.05, 0) is 49.2 Å². The van der Waals surface area contributed by atoms with Crippen LogP contribution in [0.5, 0.6) is 0 Å². The molecule has 0 radical (unpaired) electrons. The predicted molar refractivity (Wildman–Crippen MR) is 119 cm³/mol. The molecule has 30 heavy (non-hydrogen) atoms. The molecule has 0 atom stereocenters. The normalized spacial score (nSPS) is 10.5. The van der Waals surface area contributed by atoms with E-state index in [1.54, 1.807) is 62.4 Å². The summed E-state index contributed by atoms with van der Waals surface area (Å²) in [5.74, 6) is -1.03. The van der Waals surface area contributed by atoms with Gasteiger partial charge in [0, 0.05) is 21.2 Å². The van der Waals surface area contributed by atoms with Crippen molar-refractivity contribution < 1.29 is 19.1 Å². The van der Waals surface area contributed by atoms with Crippen LogP contribution in [-0.2, 0) is 9.47 Å². The van der Waals surface area contributed by atoms with E-state index in [4.69, 9.17) is 32.7 Å². The quantitative estimate of drug-likeness (QED) is 0.399. The van der Waals surface area contributed by atoms with E-state index in [2.05, 4.69) is 0 Å². The first-order chi connectivity index (χ1) is 14.5. The lowest BCUT2D eigenvalue weighted by Gasteiger charge is -2.17. The second-order valence-electron chi connectivity index (χ2n) is 6.34. The Labute approximate surface area is 185 Å². The van der Waals surface area contributed by atoms with Crippen LogP contribution < -0.4 is 0 Å². The van der Waals surface area contributed by atoms with Crippen molar-refractivity contribution in [2.75, 3.05) is 13.2 Å². The van der Waals surface area contributed by atoms with Crippen molar-refractivity contribution in [3.8, 4) is 22.3 Å².